The number of carbonyl (C=O) groups excluding carboxylic acids is 1. The van der Waals surface area contributed by atoms with E-state index in [1.807, 2.05) is 30.3 Å². The number of likely N-dealkylation sites (tertiary alicyclic amines) is 1. The number of aliphatic carboxylic acids is 1. The first-order valence-corrected chi connectivity index (χ1v) is 9.36. The van der Waals surface area contributed by atoms with E-state index in [1.165, 1.54) is 13.8 Å². The zero-order valence-corrected chi connectivity index (χ0v) is 16.1. The van der Waals surface area contributed by atoms with Crippen LogP contribution < -0.4 is 9.47 Å². The first-order valence-electron chi connectivity index (χ1n) is 9.36. The van der Waals surface area contributed by atoms with Gasteiger partial charge < -0.3 is 19.5 Å². The summed E-state index contributed by atoms with van der Waals surface area (Å²) in [4.78, 5) is 25.2. The first-order chi connectivity index (χ1) is 13.3. The highest BCUT2D eigenvalue weighted by molar-refractivity contribution is 5.76. The number of ether oxygens (including phenoxy) is 2. The molecule has 148 valence electrons. The van der Waals surface area contributed by atoms with Crippen molar-refractivity contribution in [2.75, 3.05) is 13.1 Å². The second-order valence-corrected chi connectivity index (χ2v) is 7.55. The van der Waals surface area contributed by atoms with E-state index in [-0.39, 0.29) is 6.09 Å². The molecule has 1 fully saturated rings. The molecule has 0 saturated carbocycles. The van der Waals surface area contributed by atoms with Crippen molar-refractivity contribution < 1.29 is 24.2 Å². The van der Waals surface area contributed by atoms with Gasteiger partial charge in [0.05, 0.1) is 0 Å². The van der Waals surface area contributed by atoms with Crippen LogP contribution in [0.5, 0.6) is 11.5 Å². The van der Waals surface area contributed by atoms with Gasteiger partial charge in [0.2, 0.25) is 0 Å². The largest absolute Gasteiger partial charge is 0.478 e. The van der Waals surface area contributed by atoms with Crippen LogP contribution in [0.15, 0.2) is 54.6 Å². The van der Waals surface area contributed by atoms with Gasteiger partial charge in [0.25, 0.3) is 0 Å². The van der Waals surface area contributed by atoms with E-state index in [9.17, 15) is 9.59 Å². The van der Waals surface area contributed by atoms with E-state index < -0.39 is 11.6 Å². The molecule has 2 aromatic carbocycles. The van der Waals surface area contributed by atoms with Gasteiger partial charge in [0, 0.05) is 13.1 Å². The normalized spacial score (nSPS) is 16.6. The molecule has 0 unspecified atom stereocenters. The summed E-state index contributed by atoms with van der Waals surface area (Å²) in [6, 6.07) is 16.5. The summed E-state index contributed by atoms with van der Waals surface area (Å²) in [5.74, 6) is 0.432. The molecule has 1 aliphatic heterocycles. The van der Waals surface area contributed by atoms with Crippen molar-refractivity contribution in [3.63, 3.8) is 0 Å². The topological polar surface area (TPSA) is 76.1 Å². The average molecular weight is 383 g/mol. The lowest BCUT2D eigenvalue weighted by molar-refractivity contribution is -0.152. The average Bonchev–Trinajstić information content (AvgIpc) is 3.12. The molecule has 1 aliphatic rings. The fraction of sp³-hybridized carbons (Fsp3) is 0.364. The molecule has 3 rings (SSSR count). The number of amides is 1. The standard InChI is InChI=1S/C22H25NO5/c1-22(2,20(24)25)28-19-10-8-16(9-11-19)14-17-12-13-23(15-17)21(26)27-18-6-4-3-5-7-18/h3-11,17H,12-15H2,1-2H3,(H,24,25)/t17-/m1/s1. The summed E-state index contributed by atoms with van der Waals surface area (Å²) in [5.41, 5.74) is -0.143. The monoisotopic (exact) mass is 383 g/mol. The minimum Gasteiger partial charge on any atom is -0.478 e. The van der Waals surface area contributed by atoms with Gasteiger partial charge in [0.1, 0.15) is 11.5 Å². The molecule has 6 heteroatoms. The van der Waals surface area contributed by atoms with Crippen LogP contribution in [0.3, 0.4) is 0 Å². The Bertz CT molecular complexity index is 817. The second kappa shape index (κ2) is 8.33. The van der Waals surface area contributed by atoms with Crippen LogP contribution >= 0.6 is 0 Å². The van der Waals surface area contributed by atoms with E-state index >= 15 is 0 Å². The molecule has 1 amide bonds. The van der Waals surface area contributed by atoms with E-state index in [0.29, 0.717) is 30.5 Å². The molecular weight excluding hydrogens is 358 g/mol. The summed E-state index contributed by atoms with van der Waals surface area (Å²) in [6.07, 6.45) is 1.46. The van der Waals surface area contributed by atoms with Crippen LogP contribution in [-0.4, -0.2) is 40.8 Å². The Morgan fingerprint density at radius 1 is 1.07 bits per heavy atom. The van der Waals surface area contributed by atoms with Crippen molar-refractivity contribution in [2.24, 2.45) is 5.92 Å². The van der Waals surface area contributed by atoms with Gasteiger partial charge in [-0.05, 0) is 62.4 Å². The molecule has 1 saturated heterocycles. The molecule has 0 spiro atoms. The van der Waals surface area contributed by atoms with Gasteiger partial charge in [-0.15, -0.1) is 0 Å². The van der Waals surface area contributed by atoms with Crippen molar-refractivity contribution in [3.8, 4) is 11.5 Å². The minimum atomic E-state index is -1.27. The highest BCUT2D eigenvalue weighted by atomic mass is 16.6. The Labute approximate surface area is 164 Å². The molecule has 2 aromatic rings. The van der Waals surface area contributed by atoms with Gasteiger partial charge in [-0.2, -0.15) is 0 Å². The highest BCUT2D eigenvalue weighted by Gasteiger charge is 2.30. The molecule has 0 bridgehead atoms. The molecule has 0 radical (unpaired) electrons. The van der Waals surface area contributed by atoms with E-state index in [0.717, 1.165) is 18.4 Å². The van der Waals surface area contributed by atoms with Gasteiger partial charge in [0.15, 0.2) is 5.60 Å². The molecule has 0 aromatic heterocycles. The number of hydrogen-bond donors (Lipinski definition) is 1. The maximum Gasteiger partial charge on any atom is 0.415 e. The molecule has 6 nitrogen and oxygen atoms in total. The lowest BCUT2D eigenvalue weighted by atomic mass is 9.99. The van der Waals surface area contributed by atoms with Gasteiger partial charge >= 0.3 is 12.1 Å². The Hall–Kier alpha value is -3.02. The van der Waals surface area contributed by atoms with Crippen LogP contribution in [0, 0.1) is 5.92 Å². The maximum absolute atomic E-state index is 12.3. The Balaban J connectivity index is 1.51. The SMILES string of the molecule is CC(C)(Oc1ccc(C[C@H]2CCN(C(=O)Oc3ccccc3)C2)cc1)C(=O)O. The van der Waals surface area contributed by atoms with Crippen LogP contribution in [0.4, 0.5) is 4.79 Å². The van der Waals surface area contributed by atoms with Crippen LogP contribution in [0.25, 0.3) is 0 Å². The molecular formula is C22H25NO5. The van der Waals surface area contributed by atoms with Gasteiger partial charge in [-0.1, -0.05) is 30.3 Å². The van der Waals surface area contributed by atoms with Gasteiger partial charge in [-0.25, -0.2) is 9.59 Å². The number of carboxylic acids is 1. The van der Waals surface area contributed by atoms with Crippen LogP contribution in [0.2, 0.25) is 0 Å². The molecule has 28 heavy (non-hydrogen) atoms. The van der Waals surface area contributed by atoms with Crippen molar-refractivity contribution >= 4 is 12.1 Å². The third-order valence-corrected chi connectivity index (χ3v) is 4.83. The summed E-state index contributed by atoms with van der Waals surface area (Å²) < 4.78 is 10.9. The number of para-hydroxylation sites is 1. The van der Waals surface area contributed by atoms with Crippen molar-refractivity contribution in [1.29, 1.82) is 0 Å². The van der Waals surface area contributed by atoms with Crippen LogP contribution in [0.1, 0.15) is 25.8 Å². The maximum atomic E-state index is 12.3. The predicted molar refractivity (Wildman–Crippen MR) is 105 cm³/mol. The first kappa shape index (κ1) is 19.7. The van der Waals surface area contributed by atoms with Crippen molar-refractivity contribution in [3.05, 3.63) is 60.2 Å². The zero-order chi connectivity index (χ0) is 20.1. The third kappa shape index (κ3) is 5.03. The summed E-state index contributed by atoms with van der Waals surface area (Å²) in [7, 11) is 0. The third-order valence-electron chi connectivity index (χ3n) is 4.83. The minimum absolute atomic E-state index is 0.312. The Morgan fingerprint density at radius 2 is 1.75 bits per heavy atom. The number of hydrogen-bond acceptors (Lipinski definition) is 4. The molecule has 1 N–H and O–H groups in total. The summed E-state index contributed by atoms with van der Waals surface area (Å²) >= 11 is 0. The second-order valence-electron chi connectivity index (χ2n) is 7.55. The van der Waals surface area contributed by atoms with E-state index in [4.69, 9.17) is 14.6 Å². The predicted octanol–water partition coefficient (Wildman–Crippen LogP) is 3.99. The number of rotatable bonds is 6. The summed E-state index contributed by atoms with van der Waals surface area (Å²) in [6.45, 7) is 4.38. The van der Waals surface area contributed by atoms with E-state index in [2.05, 4.69) is 0 Å². The van der Waals surface area contributed by atoms with Crippen LogP contribution in [-0.2, 0) is 11.2 Å². The quantitative estimate of drug-likeness (QED) is 0.816. The lowest BCUT2D eigenvalue weighted by Crippen LogP contribution is -2.37. The molecule has 0 aliphatic carbocycles. The smallest absolute Gasteiger partial charge is 0.415 e. The highest BCUT2D eigenvalue weighted by Crippen LogP contribution is 2.24. The summed E-state index contributed by atoms with van der Waals surface area (Å²) in [5, 5.41) is 9.14. The van der Waals surface area contributed by atoms with Gasteiger partial charge in [-0.3, -0.25) is 0 Å². The number of carboxylic acid groups (broad SMARTS) is 1. The Morgan fingerprint density at radius 3 is 2.39 bits per heavy atom. The lowest BCUT2D eigenvalue weighted by Gasteiger charge is -2.21. The Kier molecular flexibility index (Phi) is 5.87. The molecule has 1 heterocycles. The fourth-order valence-electron chi connectivity index (χ4n) is 3.18. The van der Waals surface area contributed by atoms with Crippen molar-refractivity contribution in [2.45, 2.75) is 32.3 Å². The van der Waals surface area contributed by atoms with E-state index in [1.54, 1.807) is 29.2 Å². The fourth-order valence-corrected chi connectivity index (χ4v) is 3.18. The van der Waals surface area contributed by atoms with Crippen molar-refractivity contribution in [1.82, 2.24) is 4.90 Å². The number of carbonyl (C=O) groups is 2. The molecule has 1 atom stereocenters. The zero-order valence-electron chi connectivity index (χ0n) is 16.1. The number of benzene rings is 2. The number of nitrogens with zero attached hydrogens (tertiary/aromatic N) is 1.